The Morgan fingerprint density at radius 2 is 1.76 bits per heavy atom. The third-order valence-electron chi connectivity index (χ3n) is 4.61. The first-order valence-electron chi connectivity index (χ1n) is 10.4. The van der Waals surface area contributed by atoms with Crippen molar-refractivity contribution in [2.24, 2.45) is 0 Å². The lowest BCUT2D eigenvalue weighted by Crippen LogP contribution is -2.35. The monoisotopic (exact) mass is 458 g/mol. The van der Waals surface area contributed by atoms with Crippen LogP contribution < -0.4 is 5.32 Å². The van der Waals surface area contributed by atoms with Gasteiger partial charge < -0.3 is 24.4 Å². The molecular formula is C22H30N6O5. The quantitative estimate of drug-likeness (QED) is 0.288. The van der Waals surface area contributed by atoms with Crippen molar-refractivity contribution < 1.29 is 18.9 Å². The van der Waals surface area contributed by atoms with Gasteiger partial charge in [0.15, 0.2) is 5.69 Å². The van der Waals surface area contributed by atoms with Gasteiger partial charge in [-0.05, 0) is 52.0 Å². The molecule has 178 valence electrons. The lowest BCUT2D eigenvalue weighted by Gasteiger charge is -2.21. The molecule has 0 saturated carbocycles. The predicted molar refractivity (Wildman–Crippen MR) is 123 cm³/mol. The smallest absolute Gasteiger partial charge is 0.273 e. The molecule has 0 radical (unpaired) electrons. The molecule has 0 aliphatic heterocycles. The van der Waals surface area contributed by atoms with E-state index in [-0.39, 0.29) is 35.6 Å². The number of non-ortho nitro benzene ring substituents is 1. The first-order chi connectivity index (χ1) is 15.7. The normalized spacial score (nSPS) is 11.3. The van der Waals surface area contributed by atoms with Crippen molar-refractivity contribution in [3.63, 3.8) is 0 Å². The number of rotatable bonds is 12. The van der Waals surface area contributed by atoms with E-state index in [0.717, 1.165) is 0 Å². The molecule has 1 heterocycles. The fourth-order valence-corrected chi connectivity index (χ4v) is 2.70. The van der Waals surface area contributed by atoms with Crippen molar-refractivity contribution in [1.29, 1.82) is 0 Å². The molecule has 0 aliphatic rings. The maximum absolute atomic E-state index is 12.8. The van der Waals surface area contributed by atoms with Crippen molar-refractivity contribution >= 4 is 23.6 Å². The van der Waals surface area contributed by atoms with E-state index in [9.17, 15) is 19.7 Å². The van der Waals surface area contributed by atoms with Gasteiger partial charge in [-0.3, -0.25) is 19.7 Å². The van der Waals surface area contributed by atoms with Crippen LogP contribution in [0.2, 0.25) is 0 Å². The van der Waals surface area contributed by atoms with Gasteiger partial charge in [-0.1, -0.05) is 0 Å². The molecule has 0 spiro atoms. The number of nitro benzene ring substituents is 1. The topological polar surface area (TPSA) is 125 Å². The van der Waals surface area contributed by atoms with Crippen molar-refractivity contribution in [3.8, 4) is 0 Å². The van der Waals surface area contributed by atoms with Crippen LogP contribution in [0.15, 0.2) is 41.0 Å². The number of nitrogens with zero attached hydrogens (tertiary/aromatic N) is 5. The summed E-state index contributed by atoms with van der Waals surface area (Å²) in [5.41, 5.74) is 0.802. The zero-order chi connectivity index (χ0) is 24.4. The Labute approximate surface area is 192 Å². The van der Waals surface area contributed by atoms with Crippen molar-refractivity contribution in [3.05, 3.63) is 63.9 Å². The van der Waals surface area contributed by atoms with Crippen LogP contribution in [-0.4, -0.2) is 90.8 Å². The average molecular weight is 459 g/mol. The van der Waals surface area contributed by atoms with E-state index < -0.39 is 4.92 Å². The van der Waals surface area contributed by atoms with Gasteiger partial charge in [-0.15, -0.1) is 0 Å². The average Bonchev–Trinajstić information content (AvgIpc) is 3.23. The lowest BCUT2D eigenvalue weighted by atomic mass is 10.2. The highest BCUT2D eigenvalue weighted by Crippen LogP contribution is 2.13. The molecule has 0 atom stereocenters. The number of nitro groups is 1. The number of hydrogen-bond acceptors (Lipinski definition) is 8. The van der Waals surface area contributed by atoms with Gasteiger partial charge >= 0.3 is 0 Å². The summed E-state index contributed by atoms with van der Waals surface area (Å²) in [6, 6.07) is 5.90. The third kappa shape index (κ3) is 8.83. The number of nitrogens with one attached hydrogen (secondary N) is 1. The second kappa shape index (κ2) is 12.5. The maximum atomic E-state index is 12.8. The van der Waals surface area contributed by atoms with Crippen LogP contribution in [0.5, 0.6) is 0 Å². The van der Waals surface area contributed by atoms with E-state index in [1.165, 1.54) is 24.5 Å². The number of carbonyl (C=O) groups is 2. The number of oxazole rings is 1. The van der Waals surface area contributed by atoms with E-state index >= 15 is 0 Å². The number of likely N-dealkylation sites (N-methyl/N-ethyl adjacent to an activating group) is 2. The first kappa shape index (κ1) is 25.7. The predicted octanol–water partition coefficient (Wildman–Crippen LogP) is 1.48. The van der Waals surface area contributed by atoms with Crippen LogP contribution in [0.25, 0.3) is 6.08 Å². The molecule has 0 unspecified atom stereocenters. The molecule has 0 bridgehead atoms. The molecule has 11 heteroatoms. The van der Waals surface area contributed by atoms with Crippen molar-refractivity contribution in [1.82, 2.24) is 25.0 Å². The summed E-state index contributed by atoms with van der Waals surface area (Å²) in [6.07, 6.45) is 4.27. The molecule has 33 heavy (non-hydrogen) atoms. The van der Waals surface area contributed by atoms with Crippen LogP contribution in [0, 0.1) is 10.1 Å². The highest BCUT2D eigenvalue weighted by molar-refractivity contribution is 5.92. The van der Waals surface area contributed by atoms with Gasteiger partial charge in [0.2, 0.25) is 11.8 Å². The van der Waals surface area contributed by atoms with Crippen LogP contribution in [-0.2, 0) is 11.3 Å². The number of benzene rings is 1. The van der Waals surface area contributed by atoms with Gasteiger partial charge in [-0.25, -0.2) is 4.98 Å². The summed E-state index contributed by atoms with van der Waals surface area (Å²) in [5, 5.41) is 13.5. The summed E-state index contributed by atoms with van der Waals surface area (Å²) in [6.45, 7) is 2.32. The lowest BCUT2D eigenvalue weighted by molar-refractivity contribution is -0.384. The summed E-state index contributed by atoms with van der Waals surface area (Å²) < 4.78 is 5.42. The summed E-state index contributed by atoms with van der Waals surface area (Å²) in [5.74, 6) is -0.356. The minimum Gasteiger partial charge on any atom is -0.446 e. The Morgan fingerprint density at radius 1 is 1.09 bits per heavy atom. The molecule has 1 aromatic heterocycles. The number of hydrogen-bond donors (Lipinski definition) is 1. The van der Waals surface area contributed by atoms with Gasteiger partial charge in [0.1, 0.15) is 6.26 Å². The fraction of sp³-hybridized carbons (Fsp3) is 0.409. The fourth-order valence-electron chi connectivity index (χ4n) is 2.70. The molecule has 1 N–H and O–H groups in total. The zero-order valence-electron chi connectivity index (χ0n) is 19.4. The third-order valence-corrected chi connectivity index (χ3v) is 4.61. The van der Waals surface area contributed by atoms with Gasteiger partial charge in [-0.2, -0.15) is 0 Å². The number of aromatic nitrogens is 1. The van der Waals surface area contributed by atoms with Crippen molar-refractivity contribution in [2.45, 2.75) is 6.54 Å². The standard InChI is InChI=1S/C22H30N6O5/c1-25(2)12-11-23-22(30)19-16-33-20(24-19)15-27(14-13-26(3)4)21(29)10-7-17-5-8-18(9-6-17)28(31)32/h5-10,16H,11-15H2,1-4H3,(H,23,30)/b10-7+. The summed E-state index contributed by atoms with van der Waals surface area (Å²) >= 11 is 0. The SMILES string of the molecule is CN(C)CCNC(=O)c1coc(CN(CCN(C)C)C(=O)/C=C/c2ccc([N+](=O)[O-])cc2)n1. The second-order valence-electron chi connectivity index (χ2n) is 7.93. The largest absolute Gasteiger partial charge is 0.446 e. The summed E-state index contributed by atoms with van der Waals surface area (Å²) in [7, 11) is 7.62. The molecular weight excluding hydrogens is 428 g/mol. The molecule has 1 aromatic carbocycles. The van der Waals surface area contributed by atoms with Gasteiger partial charge in [0, 0.05) is 44.4 Å². The highest BCUT2D eigenvalue weighted by atomic mass is 16.6. The second-order valence-corrected chi connectivity index (χ2v) is 7.93. The molecule has 2 amide bonds. The zero-order valence-corrected chi connectivity index (χ0v) is 19.4. The summed E-state index contributed by atoms with van der Waals surface area (Å²) in [4.78, 5) is 45.0. The highest BCUT2D eigenvalue weighted by Gasteiger charge is 2.17. The first-order valence-corrected chi connectivity index (χ1v) is 10.4. The Balaban J connectivity index is 2.04. The van der Waals surface area contributed by atoms with E-state index in [1.807, 2.05) is 38.0 Å². The Morgan fingerprint density at radius 3 is 2.36 bits per heavy atom. The number of amides is 2. The molecule has 2 aromatic rings. The Hall–Kier alpha value is -3.57. The van der Waals surface area contributed by atoms with Crippen LogP contribution >= 0.6 is 0 Å². The van der Waals surface area contributed by atoms with E-state index in [1.54, 1.807) is 23.1 Å². The molecule has 2 rings (SSSR count). The molecule has 0 fully saturated rings. The molecule has 0 saturated heterocycles. The van der Waals surface area contributed by atoms with Crippen LogP contribution in [0.4, 0.5) is 5.69 Å². The van der Waals surface area contributed by atoms with Crippen molar-refractivity contribution in [2.75, 3.05) is 54.4 Å². The van der Waals surface area contributed by atoms with E-state index in [4.69, 9.17) is 4.42 Å². The molecule has 0 aliphatic carbocycles. The van der Waals surface area contributed by atoms with Crippen LogP contribution in [0.1, 0.15) is 21.9 Å². The van der Waals surface area contributed by atoms with E-state index in [0.29, 0.717) is 31.7 Å². The number of carbonyl (C=O) groups excluding carboxylic acids is 2. The van der Waals surface area contributed by atoms with E-state index in [2.05, 4.69) is 10.3 Å². The molecule has 11 nitrogen and oxygen atoms in total. The van der Waals surface area contributed by atoms with Gasteiger partial charge in [0.25, 0.3) is 11.6 Å². The Bertz CT molecular complexity index is 968. The minimum absolute atomic E-state index is 0.0171. The Kier molecular flexibility index (Phi) is 9.70. The minimum atomic E-state index is -0.477. The van der Waals surface area contributed by atoms with Gasteiger partial charge in [0.05, 0.1) is 11.5 Å². The van der Waals surface area contributed by atoms with Crippen LogP contribution in [0.3, 0.4) is 0 Å². The maximum Gasteiger partial charge on any atom is 0.273 e.